The molecule has 0 aliphatic carbocycles. The molecule has 0 bridgehead atoms. The molecule has 3 unspecified atom stereocenters. The zero-order chi connectivity index (χ0) is 20.6. The molecular formula is C17H36NO7P. The number of phosphoric acid groups is 1. The lowest BCUT2D eigenvalue weighted by Crippen LogP contribution is -2.37. The summed E-state index contributed by atoms with van der Waals surface area (Å²) in [6.45, 7) is 7.89. The minimum Gasteiger partial charge on any atom is -0.756 e. The van der Waals surface area contributed by atoms with E-state index >= 15 is 0 Å². The molecule has 0 spiro atoms. The number of nitrogens with zero attached hydrogens (tertiary/aromatic N) is 1. The van der Waals surface area contributed by atoms with Gasteiger partial charge in [-0.05, 0) is 17.8 Å². The Morgan fingerprint density at radius 1 is 1.19 bits per heavy atom. The number of esters is 1. The van der Waals surface area contributed by atoms with Gasteiger partial charge in [-0.2, -0.15) is 0 Å². The third-order valence-electron chi connectivity index (χ3n) is 3.35. The molecule has 0 radical (unpaired) electrons. The van der Waals surface area contributed by atoms with Crippen LogP contribution in [-0.2, 0) is 23.1 Å². The number of hydrogen-bond acceptors (Lipinski definition) is 7. The van der Waals surface area contributed by atoms with Gasteiger partial charge in [-0.25, -0.2) is 0 Å². The number of carbonyl (C=O) groups is 1. The second-order valence-electron chi connectivity index (χ2n) is 9.00. The van der Waals surface area contributed by atoms with E-state index in [0.717, 1.165) is 6.42 Å². The van der Waals surface area contributed by atoms with Crippen LogP contribution in [0.2, 0.25) is 0 Å². The van der Waals surface area contributed by atoms with Crippen LogP contribution in [0, 0.1) is 11.3 Å². The van der Waals surface area contributed by atoms with Crippen molar-refractivity contribution in [2.45, 2.75) is 46.6 Å². The van der Waals surface area contributed by atoms with E-state index in [0.29, 0.717) is 11.0 Å². The number of aliphatic hydroxyl groups is 1. The van der Waals surface area contributed by atoms with E-state index in [1.807, 2.05) is 28.1 Å². The molecule has 0 aliphatic rings. The van der Waals surface area contributed by atoms with Gasteiger partial charge in [-0.3, -0.25) is 9.36 Å². The van der Waals surface area contributed by atoms with Gasteiger partial charge in [-0.1, -0.05) is 27.7 Å². The Bertz CT molecular complexity index is 471. The van der Waals surface area contributed by atoms with E-state index < -0.39 is 26.5 Å². The highest BCUT2D eigenvalue weighted by molar-refractivity contribution is 7.45. The smallest absolute Gasteiger partial charge is 0.306 e. The SMILES string of the molecule is CC(CC(=O)OCC(O)COP(=O)([O-])OCC[N+](C)(C)C)CC(C)(C)C. The first kappa shape index (κ1) is 25.5. The van der Waals surface area contributed by atoms with Gasteiger partial charge in [0.1, 0.15) is 25.9 Å². The molecule has 0 aromatic carbocycles. The third-order valence-corrected chi connectivity index (χ3v) is 4.31. The van der Waals surface area contributed by atoms with E-state index in [1.165, 1.54) is 0 Å². The van der Waals surface area contributed by atoms with Crippen molar-refractivity contribution in [2.75, 3.05) is 47.5 Å². The van der Waals surface area contributed by atoms with Gasteiger partial charge in [0.2, 0.25) is 0 Å². The summed E-state index contributed by atoms with van der Waals surface area (Å²) < 4.78 is 26.5. The molecule has 0 amide bonds. The summed E-state index contributed by atoms with van der Waals surface area (Å²) in [5, 5.41) is 9.72. The second kappa shape index (κ2) is 10.7. The molecule has 0 saturated carbocycles. The molecule has 0 rings (SSSR count). The zero-order valence-electron chi connectivity index (χ0n) is 17.2. The summed E-state index contributed by atoms with van der Waals surface area (Å²) >= 11 is 0. The molecule has 0 aromatic heterocycles. The largest absolute Gasteiger partial charge is 0.756 e. The Labute approximate surface area is 157 Å². The molecule has 156 valence electrons. The van der Waals surface area contributed by atoms with Crippen LogP contribution in [0.5, 0.6) is 0 Å². The van der Waals surface area contributed by atoms with E-state index in [1.54, 1.807) is 0 Å². The second-order valence-corrected chi connectivity index (χ2v) is 10.4. The Balaban J connectivity index is 4.05. The number of aliphatic hydroxyl groups excluding tert-OH is 1. The molecule has 0 saturated heterocycles. The van der Waals surface area contributed by atoms with E-state index in [-0.39, 0.29) is 31.0 Å². The summed E-state index contributed by atoms with van der Waals surface area (Å²) in [5.74, 6) is -0.266. The average Bonchev–Trinajstić information content (AvgIpc) is 2.39. The van der Waals surface area contributed by atoms with Gasteiger partial charge >= 0.3 is 5.97 Å². The summed E-state index contributed by atoms with van der Waals surface area (Å²) in [6, 6.07) is 0. The quantitative estimate of drug-likeness (QED) is 0.303. The highest BCUT2D eigenvalue weighted by Gasteiger charge is 2.20. The predicted molar refractivity (Wildman–Crippen MR) is 97.2 cm³/mol. The van der Waals surface area contributed by atoms with Gasteiger partial charge in [0, 0.05) is 6.42 Å². The highest BCUT2D eigenvalue weighted by Crippen LogP contribution is 2.38. The zero-order valence-corrected chi connectivity index (χ0v) is 18.1. The number of quaternary nitrogens is 1. The Kier molecular flexibility index (Phi) is 10.5. The number of carbonyl (C=O) groups excluding carboxylic acids is 1. The van der Waals surface area contributed by atoms with Crippen molar-refractivity contribution in [3.8, 4) is 0 Å². The summed E-state index contributed by atoms with van der Waals surface area (Å²) in [6.07, 6.45) is -0.113. The van der Waals surface area contributed by atoms with E-state index in [9.17, 15) is 19.4 Å². The normalized spacial score (nSPS) is 17.4. The predicted octanol–water partition coefficient (Wildman–Crippen LogP) is 1.56. The van der Waals surface area contributed by atoms with Crippen LogP contribution in [0.15, 0.2) is 0 Å². The van der Waals surface area contributed by atoms with Crippen molar-refractivity contribution in [3.63, 3.8) is 0 Å². The molecule has 0 aliphatic heterocycles. The number of hydrogen-bond donors (Lipinski definition) is 1. The fourth-order valence-corrected chi connectivity index (χ4v) is 3.07. The number of likely N-dealkylation sites (N-methyl/N-ethyl adjacent to an activating group) is 1. The Morgan fingerprint density at radius 3 is 2.27 bits per heavy atom. The molecule has 8 nitrogen and oxygen atoms in total. The van der Waals surface area contributed by atoms with E-state index in [2.05, 4.69) is 25.3 Å². The van der Waals surface area contributed by atoms with Crippen molar-refractivity contribution in [1.29, 1.82) is 0 Å². The maximum absolute atomic E-state index is 11.8. The molecule has 0 heterocycles. The first-order valence-electron chi connectivity index (χ1n) is 8.84. The van der Waals surface area contributed by atoms with Crippen molar-refractivity contribution >= 4 is 13.8 Å². The Hall–Kier alpha value is -0.500. The minimum absolute atomic E-state index is 0.0129. The lowest BCUT2D eigenvalue weighted by atomic mass is 9.84. The van der Waals surface area contributed by atoms with Crippen molar-refractivity contribution in [1.82, 2.24) is 0 Å². The highest BCUT2D eigenvalue weighted by atomic mass is 31.2. The first-order valence-corrected chi connectivity index (χ1v) is 10.3. The number of rotatable bonds is 12. The van der Waals surface area contributed by atoms with Crippen LogP contribution < -0.4 is 4.89 Å². The van der Waals surface area contributed by atoms with Crippen LogP contribution >= 0.6 is 7.82 Å². The topological polar surface area (TPSA) is 105 Å². The molecule has 0 aromatic rings. The summed E-state index contributed by atoms with van der Waals surface area (Å²) in [5.41, 5.74) is 0.119. The fraction of sp³-hybridized carbons (Fsp3) is 0.941. The lowest BCUT2D eigenvalue weighted by Gasteiger charge is -2.27. The fourth-order valence-electron chi connectivity index (χ4n) is 2.34. The summed E-state index contributed by atoms with van der Waals surface area (Å²) in [4.78, 5) is 23.4. The maximum atomic E-state index is 11.8. The van der Waals surface area contributed by atoms with E-state index in [4.69, 9.17) is 9.26 Å². The van der Waals surface area contributed by atoms with Crippen molar-refractivity contribution in [2.24, 2.45) is 11.3 Å². The van der Waals surface area contributed by atoms with Crippen molar-refractivity contribution in [3.05, 3.63) is 0 Å². The summed E-state index contributed by atoms with van der Waals surface area (Å²) in [7, 11) is 1.22. The van der Waals surface area contributed by atoms with Gasteiger partial charge in [0.25, 0.3) is 7.82 Å². The van der Waals surface area contributed by atoms with Crippen molar-refractivity contribution < 1.29 is 37.6 Å². The molecule has 9 heteroatoms. The lowest BCUT2D eigenvalue weighted by molar-refractivity contribution is -0.870. The van der Waals surface area contributed by atoms with Crippen LogP contribution in [0.4, 0.5) is 0 Å². The Morgan fingerprint density at radius 2 is 1.77 bits per heavy atom. The van der Waals surface area contributed by atoms with Crippen LogP contribution in [0.1, 0.15) is 40.5 Å². The first-order chi connectivity index (χ1) is 11.6. The third kappa shape index (κ3) is 15.7. The maximum Gasteiger partial charge on any atom is 0.306 e. The van der Waals surface area contributed by atoms with Crippen LogP contribution in [-0.4, -0.2) is 69.2 Å². The van der Waals surface area contributed by atoms with Gasteiger partial charge in [-0.15, -0.1) is 0 Å². The molecule has 26 heavy (non-hydrogen) atoms. The molecule has 1 N–H and O–H groups in total. The minimum atomic E-state index is -4.49. The molecule has 3 atom stereocenters. The number of ether oxygens (including phenoxy) is 1. The van der Waals surface area contributed by atoms with Crippen LogP contribution in [0.25, 0.3) is 0 Å². The molecular weight excluding hydrogens is 361 g/mol. The van der Waals surface area contributed by atoms with Gasteiger partial charge in [0.15, 0.2) is 0 Å². The number of phosphoric ester groups is 1. The average molecular weight is 397 g/mol. The van der Waals surface area contributed by atoms with Gasteiger partial charge < -0.3 is 28.3 Å². The standard InChI is InChI=1S/C17H36NO7P/c1-14(11-17(2,3)4)10-16(20)23-12-15(19)13-25-26(21,22)24-9-8-18(5,6)7/h14-15,19H,8-13H2,1-7H3. The monoisotopic (exact) mass is 397 g/mol. The molecule has 0 fully saturated rings. The van der Waals surface area contributed by atoms with Gasteiger partial charge in [0.05, 0.1) is 27.7 Å². The van der Waals surface area contributed by atoms with Crippen LogP contribution in [0.3, 0.4) is 0 Å².